The Bertz CT molecular complexity index is 1010. The van der Waals surface area contributed by atoms with Gasteiger partial charge in [-0.3, -0.25) is 4.79 Å². The topological polar surface area (TPSA) is 46.3 Å². The van der Waals surface area contributed by atoms with Crippen LogP contribution in [0.15, 0.2) is 36.4 Å². The smallest absolute Gasteiger partial charge is 0.162 e. The molecular formula is C29H38N2O. The van der Waals surface area contributed by atoms with Crippen LogP contribution in [0.1, 0.15) is 91.1 Å². The lowest BCUT2D eigenvalue weighted by molar-refractivity contribution is 0.0979. The molecule has 32 heavy (non-hydrogen) atoms. The maximum Gasteiger partial charge on any atom is 0.162 e. The molecule has 0 unspecified atom stereocenters. The molecule has 1 aliphatic rings. The van der Waals surface area contributed by atoms with E-state index in [4.69, 9.17) is 5.73 Å². The Kier molecular flexibility index (Phi) is 8.46. The van der Waals surface area contributed by atoms with Crippen LogP contribution in [0.25, 0.3) is 17.7 Å². The highest BCUT2D eigenvalue weighted by molar-refractivity contribution is 6.00. The number of fused-ring (bicyclic) bond motifs is 2. The van der Waals surface area contributed by atoms with Gasteiger partial charge in [0.15, 0.2) is 5.78 Å². The fourth-order valence-electron chi connectivity index (χ4n) is 4.58. The van der Waals surface area contributed by atoms with Crippen LogP contribution in [0.4, 0.5) is 5.69 Å². The number of ketones is 1. The summed E-state index contributed by atoms with van der Waals surface area (Å²) in [4.78, 5) is 15.3. The number of aryl methyl sites for hydroxylation is 1. The highest BCUT2D eigenvalue weighted by Crippen LogP contribution is 2.37. The minimum absolute atomic E-state index is 0.246. The SMILES string of the molecule is CCCCCC(=O)c1cc(C)c2c(c1)C=Cc1cc(N)ccc1/C2=C\CCN(CC)CC. The van der Waals surface area contributed by atoms with E-state index in [2.05, 4.69) is 69.0 Å². The third-order valence-corrected chi connectivity index (χ3v) is 6.46. The molecule has 0 atom stereocenters. The van der Waals surface area contributed by atoms with E-state index < -0.39 is 0 Å². The lowest BCUT2D eigenvalue weighted by Crippen LogP contribution is -2.23. The van der Waals surface area contributed by atoms with Crippen molar-refractivity contribution in [3.8, 4) is 0 Å². The molecule has 0 saturated carbocycles. The number of benzene rings is 2. The van der Waals surface area contributed by atoms with Gasteiger partial charge in [0.1, 0.15) is 0 Å². The number of carbonyl (C=O) groups excluding carboxylic acids is 1. The van der Waals surface area contributed by atoms with E-state index in [9.17, 15) is 4.79 Å². The Morgan fingerprint density at radius 1 is 1.00 bits per heavy atom. The molecule has 2 aromatic carbocycles. The van der Waals surface area contributed by atoms with Gasteiger partial charge in [-0.05, 0) is 90.5 Å². The normalized spacial score (nSPS) is 13.8. The summed E-state index contributed by atoms with van der Waals surface area (Å²) in [6.45, 7) is 11.9. The molecule has 3 nitrogen and oxygen atoms in total. The van der Waals surface area contributed by atoms with Crippen LogP contribution < -0.4 is 5.73 Å². The van der Waals surface area contributed by atoms with Crippen molar-refractivity contribution in [1.29, 1.82) is 0 Å². The van der Waals surface area contributed by atoms with Gasteiger partial charge in [-0.15, -0.1) is 0 Å². The van der Waals surface area contributed by atoms with E-state index in [1.54, 1.807) is 0 Å². The molecule has 2 N–H and O–H groups in total. The van der Waals surface area contributed by atoms with Crippen LogP contribution in [0.3, 0.4) is 0 Å². The molecule has 3 rings (SSSR count). The summed E-state index contributed by atoms with van der Waals surface area (Å²) in [7, 11) is 0. The largest absolute Gasteiger partial charge is 0.399 e. The van der Waals surface area contributed by atoms with Crippen molar-refractivity contribution < 1.29 is 4.79 Å². The quantitative estimate of drug-likeness (QED) is 0.214. The number of carbonyl (C=O) groups is 1. The third kappa shape index (κ3) is 5.58. The van der Waals surface area contributed by atoms with E-state index in [-0.39, 0.29) is 5.78 Å². The summed E-state index contributed by atoms with van der Waals surface area (Å²) in [5.74, 6) is 0.246. The highest BCUT2D eigenvalue weighted by Gasteiger charge is 2.19. The third-order valence-electron chi connectivity index (χ3n) is 6.46. The van der Waals surface area contributed by atoms with Crippen molar-refractivity contribution >= 4 is 29.2 Å². The van der Waals surface area contributed by atoms with Gasteiger partial charge >= 0.3 is 0 Å². The zero-order chi connectivity index (χ0) is 23.1. The van der Waals surface area contributed by atoms with Crippen molar-refractivity contribution in [2.24, 2.45) is 0 Å². The van der Waals surface area contributed by atoms with E-state index >= 15 is 0 Å². The first-order valence-corrected chi connectivity index (χ1v) is 12.2. The number of nitrogen functional groups attached to an aromatic ring is 1. The molecule has 0 heterocycles. The summed E-state index contributed by atoms with van der Waals surface area (Å²) in [6.07, 6.45) is 11.5. The number of hydrogen-bond donors (Lipinski definition) is 1. The van der Waals surface area contributed by atoms with Gasteiger partial charge in [-0.1, -0.05) is 57.9 Å². The Balaban J connectivity index is 2.04. The fourth-order valence-corrected chi connectivity index (χ4v) is 4.58. The molecule has 1 aliphatic carbocycles. The van der Waals surface area contributed by atoms with Crippen molar-refractivity contribution in [3.05, 3.63) is 69.8 Å². The standard InChI is InChI=1S/C29H38N2O/c1-5-8-9-12-28(32)24-18-21(4)29-23(19-24)14-13-22-20-25(30)15-16-26(22)27(29)11-10-17-31(6-2)7-3/h11,13-16,18-20H,5-10,12,17,30H2,1-4H3/b27-11+. The van der Waals surface area contributed by atoms with Crippen LogP contribution in [-0.4, -0.2) is 30.3 Å². The van der Waals surface area contributed by atoms with E-state index in [0.29, 0.717) is 6.42 Å². The van der Waals surface area contributed by atoms with E-state index in [1.807, 2.05) is 12.1 Å². The molecule has 0 aromatic heterocycles. The zero-order valence-corrected chi connectivity index (χ0v) is 20.2. The Labute approximate surface area is 194 Å². The maximum atomic E-state index is 12.8. The van der Waals surface area contributed by atoms with Crippen LogP contribution >= 0.6 is 0 Å². The number of unbranched alkanes of at least 4 members (excludes halogenated alkanes) is 2. The minimum atomic E-state index is 0.246. The van der Waals surface area contributed by atoms with Crippen molar-refractivity contribution in [1.82, 2.24) is 4.90 Å². The lowest BCUT2D eigenvalue weighted by Gasteiger charge is -2.19. The summed E-state index contributed by atoms with van der Waals surface area (Å²) in [5.41, 5.74) is 14.8. The number of rotatable bonds is 10. The molecule has 2 aromatic rings. The predicted octanol–water partition coefficient (Wildman–Crippen LogP) is 6.99. The zero-order valence-electron chi connectivity index (χ0n) is 20.2. The molecular weight excluding hydrogens is 392 g/mol. The van der Waals surface area contributed by atoms with E-state index in [1.165, 1.54) is 16.7 Å². The fraction of sp³-hybridized carbons (Fsp3) is 0.414. The Morgan fingerprint density at radius 2 is 1.75 bits per heavy atom. The molecule has 170 valence electrons. The second-order valence-electron chi connectivity index (χ2n) is 8.75. The average Bonchev–Trinajstić information content (AvgIpc) is 2.93. The first-order chi connectivity index (χ1) is 15.5. The van der Waals surface area contributed by atoms with Gasteiger partial charge in [-0.2, -0.15) is 0 Å². The lowest BCUT2D eigenvalue weighted by atomic mass is 9.87. The van der Waals surface area contributed by atoms with Gasteiger partial charge in [0.25, 0.3) is 0 Å². The molecule has 0 fully saturated rings. The minimum Gasteiger partial charge on any atom is -0.399 e. The molecule has 0 saturated heterocycles. The van der Waals surface area contributed by atoms with Crippen molar-refractivity contribution in [2.75, 3.05) is 25.4 Å². The van der Waals surface area contributed by atoms with Gasteiger partial charge in [-0.25, -0.2) is 0 Å². The molecule has 0 spiro atoms. The van der Waals surface area contributed by atoms with E-state index in [0.717, 1.165) is 73.3 Å². The summed E-state index contributed by atoms with van der Waals surface area (Å²) < 4.78 is 0. The molecule has 0 amide bonds. The summed E-state index contributed by atoms with van der Waals surface area (Å²) in [5, 5.41) is 0. The summed E-state index contributed by atoms with van der Waals surface area (Å²) >= 11 is 0. The second-order valence-corrected chi connectivity index (χ2v) is 8.75. The van der Waals surface area contributed by atoms with Crippen molar-refractivity contribution in [3.63, 3.8) is 0 Å². The Hall–Kier alpha value is -2.65. The van der Waals surface area contributed by atoms with Gasteiger partial charge in [0.2, 0.25) is 0 Å². The number of nitrogens with two attached hydrogens (primary N) is 1. The first kappa shape index (κ1) is 24.0. The number of nitrogens with zero attached hydrogens (tertiary/aromatic N) is 1. The number of anilines is 1. The number of hydrogen-bond acceptors (Lipinski definition) is 3. The second kappa shape index (κ2) is 11.3. The van der Waals surface area contributed by atoms with Gasteiger partial charge in [0.05, 0.1) is 0 Å². The Morgan fingerprint density at radius 3 is 2.47 bits per heavy atom. The van der Waals surface area contributed by atoms with Crippen LogP contribution in [0.2, 0.25) is 0 Å². The predicted molar refractivity (Wildman–Crippen MR) is 139 cm³/mol. The monoisotopic (exact) mass is 430 g/mol. The molecule has 3 heteroatoms. The summed E-state index contributed by atoms with van der Waals surface area (Å²) in [6, 6.07) is 10.3. The van der Waals surface area contributed by atoms with Crippen LogP contribution in [0, 0.1) is 6.92 Å². The average molecular weight is 431 g/mol. The van der Waals surface area contributed by atoms with Crippen LogP contribution in [0.5, 0.6) is 0 Å². The van der Waals surface area contributed by atoms with Gasteiger partial charge in [0, 0.05) is 24.2 Å². The maximum absolute atomic E-state index is 12.8. The van der Waals surface area contributed by atoms with Crippen molar-refractivity contribution in [2.45, 2.75) is 59.8 Å². The molecule has 0 aliphatic heterocycles. The molecule has 0 bridgehead atoms. The van der Waals surface area contributed by atoms with Gasteiger partial charge < -0.3 is 10.6 Å². The molecule has 0 radical (unpaired) electrons. The number of Topliss-reactive ketones (excluding diaryl/α,β-unsaturated/α-hetero) is 1. The highest BCUT2D eigenvalue weighted by atomic mass is 16.1. The first-order valence-electron chi connectivity index (χ1n) is 12.2. The van der Waals surface area contributed by atoms with Crippen LogP contribution in [-0.2, 0) is 0 Å².